The third-order valence-electron chi connectivity index (χ3n) is 4.00. The van der Waals surface area contributed by atoms with Gasteiger partial charge in [0.05, 0.1) is 0 Å². The van der Waals surface area contributed by atoms with Crippen molar-refractivity contribution in [3.05, 3.63) is 70.3 Å². The topological polar surface area (TPSA) is 26.0 Å². The zero-order valence-electron chi connectivity index (χ0n) is 11.4. The summed E-state index contributed by atoms with van der Waals surface area (Å²) in [6.07, 6.45) is 5.85. The lowest BCUT2D eigenvalue weighted by Crippen LogP contribution is -2.03. The lowest BCUT2D eigenvalue weighted by atomic mass is 9.99. The Morgan fingerprint density at radius 2 is 1.63 bits per heavy atom. The first-order valence-electron chi connectivity index (χ1n) is 7.24. The van der Waals surface area contributed by atoms with Crippen LogP contribution in [-0.4, -0.2) is 6.54 Å². The quantitative estimate of drug-likeness (QED) is 0.886. The molecule has 0 unspecified atom stereocenters. The molecule has 0 fully saturated rings. The van der Waals surface area contributed by atoms with Crippen molar-refractivity contribution in [2.45, 2.75) is 32.1 Å². The van der Waals surface area contributed by atoms with Gasteiger partial charge in [0.15, 0.2) is 0 Å². The maximum absolute atomic E-state index is 5.62. The molecule has 0 radical (unpaired) electrons. The maximum atomic E-state index is 5.62. The van der Waals surface area contributed by atoms with Crippen molar-refractivity contribution < 1.29 is 0 Å². The maximum Gasteiger partial charge on any atom is -0.00256 e. The van der Waals surface area contributed by atoms with Crippen LogP contribution in [0.3, 0.4) is 0 Å². The fourth-order valence-corrected chi connectivity index (χ4v) is 3.03. The molecule has 0 spiro atoms. The first kappa shape index (κ1) is 12.4. The molecule has 0 aliphatic heterocycles. The third kappa shape index (κ3) is 2.87. The van der Waals surface area contributed by atoms with Gasteiger partial charge in [0.25, 0.3) is 0 Å². The Hall–Kier alpha value is -1.60. The number of benzene rings is 2. The summed E-state index contributed by atoms with van der Waals surface area (Å²) in [5, 5.41) is 0. The fourth-order valence-electron chi connectivity index (χ4n) is 3.03. The van der Waals surface area contributed by atoms with E-state index < -0.39 is 0 Å². The Bertz CT molecular complexity index is 572. The number of nitrogens with two attached hydrogens (primary N) is 1. The number of aryl methyl sites for hydroxylation is 2. The van der Waals surface area contributed by atoms with E-state index in [1.54, 1.807) is 11.1 Å². The molecule has 0 saturated carbocycles. The first-order valence-corrected chi connectivity index (χ1v) is 7.24. The van der Waals surface area contributed by atoms with Gasteiger partial charge in [-0.15, -0.1) is 0 Å². The summed E-state index contributed by atoms with van der Waals surface area (Å²) in [5.74, 6) is 0. The molecule has 1 aliphatic rings. The molecular formula is C18H21N. The predicted octanol–water partition coefficient (Wildman–Crippen LogP) is 3.27. The smallest absolute Gasteiger partial charge is 0.00256 e. The van der Waals surface area contributed by atoms with Crippen LogP contribution >= 0.6 is 0 Å². The SMILES string of the molecule is NCCc1cccc(Cc2ccc3c(c2)CCC3)c1. The minimum absolute atomic E-state index is 0.725. The summed E-state index contributed by atoms with van der Waals surface area (Å²) < 4.78 is 0. The van der Waals surface area contributed by atoms with E-state index in [9.17, 15) is 0 Å². The van der Waals surface area contributed by atoms with E-state index in [-0.39, 0.29) is 0 Å². The zero-order chi connectivity index (χ0) is 13.1. The molecule has 1 nitrogen and oxygen atoms in total. The summed E-state index contributed by atoms with van der Waals surface area (Å²) in [4.78, 5) is 0. The van der Waals surface area contributed by atoms with Crippen LogP contribution in [0.5, 0.6) is 0 Å². The summed E-state index contributed by atoms with van der Waals surface area (Å²) >= 11 is 0. The molecule has 19 heavy (non-hydrogen) atoms. The Labute approximate surface area is 115 Å². The van der Waals surface area contributed by atoms with Gasteiger partial charge in [-0.2, -0.15) is 0 Å². The first-order chi connectivity index (χ1) is 9.35. The van der Waals surface area contributed by atoms with Gasteiger partial charge in [0.1, 0.15) is 0 Å². The van der Waals surface area contributed by atoms with Crippen molar-refractivity contribution in [1.29, 1.82) is 0 Å². The van der Waals surface area contributed by atoms with E-state index in [1.807, 2.05) is 0 Å². The van der Waals surface area contributed by atoms with Gasteiger partial charge in [-0.25, -0.2) is 0 Å². The fraction of sp³-hybridized carbons (Fsp3) is 0.333. The standard InChI is InChI=1S/C18H21N/c19-10-9-14-3-1-4-15(11-14)12-16-7-8-17-5-2-6-18(17)13-16/h1,3-4,7-8,11,13H,2,5-6,9-10,12,19H2. The highest BCUT2D eigenvalue weighted by Crippen LogP contribution is 2.24. The molecule has 0 saturated heterocycles. The number of fused-ring (bicyclic) bond motifs is 1. The molecular weight excluding hydrogens is 230 g/mol. The molecule has 0 bridgehead atoms. The Morgan fingerprint density at radius 3 is 2.53 bits per heavy atom. The van der Waals surface area contributed by atoms with Crippen molar-refractivity contribution >= 4 is 0 Å². The Balaban J connectivity index is 1.79. The van der Waals surface area contributed by atoms with E-state index in [0.29, 0.717) is 0 Å². The van der Waals surface area contributed by atoms with Crippen LogP contribution in [0.2, 0.25) is 0 Å². The van der Waals surface area contributed by atoms with Gasteiger partial charge < -0.3 is 5.73 Å². The van der Waals surface area contributed by atoms with E-state index in [2.05, 4.69) is 42.5 Å². The largest absolute Gasteiger partial charge is 0.330 e. The van der Waals surface area contributed by atoms with Gasteiger partial charge in [-0.1, -0.05) is 42.5 Å². The van der Waals surface area contributed by atoms with Crippen LogP contribution in [0.25, 0.3) is 0 Å². The molecule has 98 valence electrons. The van der Waals surface area contributed by atoms with Crippen LogP contribution in [0.15, 0.2) is 42.5 Å². The summed E-state index contributed by atoms with van der Waals surface area (Å²) in [6, 6.07) is 15.8. The predicted molar refractivity (Wildman–Crippen MR) is 80.5 cm³/mol. The van der Waals surface area contributed by atoms with Crippen molar-refractivity contribution in [2.75, 3.05) is 6.54 Å². The molecule has 1 aliphatic carbocycles. The minimum atomic E-state index is 0.725. The van der Waals surface area contributed by atoms with Crippen LogP contribution in [0, 0.1) is 0 Å². The second-order valence-electron chi connectivity index (χ2n) is 5.49. The Kier molecular flexibility index (Phi) is 3.65. The van der Waals surface area contributed by atoms with Gasteiger partial charge in [-0.3, -0.25) is 0 Å². The molecule has 2 aromatic carbocycles. The van der Waals surface area contributed by atoms with E-state index in [4.69, 9.17) is 5.73 Å². The molecule has 0 atom stereocenters. The third-order valence-corrected chi connectivity index (χ3v) is 4.00. The van der Waals surface area contributed by atoms with E-state index >= 15 is 0 Å². The van der Waals surface area contributed by atoms with Crippen LogP contribution < -0.4 is 5.73 Å². The molecule has 2 aromatic rings. The molecule has 1 heteroatoms. The highest BCUT2D eigenvalue weighted by atomic mass is 14.5. The lowest BCUT2D eigenvalue weighted by molar-refractivity contribution is 0.911. The van der Waals surface area contributed by atoms with Crippen LogP contribution in [-0.2, 0) is 25.7 Å². The molecule has 0 aromatic heterocycles. The van der Waals surface area contributed by atoms with E-state index in [1.165, 1.54) is 36.0 Å². The molecule has 0 amide bonds. The van der Waals surface area contributed by atoms with E-state index in [0.717, 1.165) is 19.4 Å². The summed E-state index contributed by atoms with van der Waals surface area (Å²) in [7, 11) is 0. The zero-order valence-corrected chi connectivity index (χ0v) is 11.4. The van der Waals surface area contributed by atoms with Gasteiger partial charge in [0, 0.05) is 0 Å². The van der Waals surface area contributed by atoms with Gasteiger partial charge >= 0.3 is 0 Å². The summed E-state index contributed by atoms with van der Waals surface area (Å²) in [5.41, 5.74) is 12.9. The second-order valence-corrected chi connectivity index (χ2v) is 5.49. The second kappa shape index (κ2) is 5.58. The summed E-state index contributed by atoms with van der Waals surface area (Å²) in [6.45, 7) is 0.725. The van der Waals surface area contributed by atoms with Crippen molar-refractivity contribution in [3.8, 4) is 0 Å². The Morgan fingerprint density at radius 1 is 0.842 bits per heavy atom. The average Bonchev–Trinajstić information content (AvgIpc) is 2.87. The normalized spacial score (nSPS) is 13.5. The monoisotopic (exact) mass is 251 g/mol. The minimum Gasteiger partial charge on any atom is -0.330 e. The highest BCUT2D eigenvalue weighted by Gasteiger charge is 2.10. The van der Waals surface area contributed by atoms with Crippen molar-refractivity contribution in [3.63, 3.8) is 0 Å². The average molecular weight is 251 g/mol. The molecule has 0 heterocycles. The van der Waals surface area contributed by atoms with Gasteiger partial charge in [0.2, 0.25) is 0 Å². The van der Waals surface area contributed by atoms with Crippen molar-refractivity contribution in [1.82, 2.24) is 0 Å². The number of hydrogen-bond acceptors (Lipinski definition) is 1. The number of rotatable bonds is 4. The molecule has 2 N–H and O–H groups in total. The van der Waals surface area contributed by atoms with Crippen LogP contribution in [0.1, 0.15) is 34.2 Å². The molecule has 3 rings (SSSR count). The lowest BCUT2D eigenvalue weighted by Gasteiger charge is -2.07. The van der Waals surface area contributed by atoms with Crippen molar-refractivity contribution in [2.24, 2.45) is 5.73 Å². The number of hydrogen-bond donors (Lipinski definition) is 1. The highest BCUT2D eigenvalue weighted by molar-refractivity contribution is 5.38. The van der Waals surface area contributed by atoms with Crippen LogP contribution in [0.4, 0.5) is 0 Å². The van der Waals surface area contributed by atoms with Gasteiger partial charge in [-0.05, 0) is 66.5 Å².